The van der Waals surface area contributed by atoms with Gasteiger partial charge in [0.1, 0.15) is 5.69 Å². The van der Waals surface area contributed by atoms with Crippen molar-refractivity contribution in [2.75, 3.05) is 5.32 Å². The zero-order valence-electron chi connectivity index (χ0n) is 10.6. The standard InChI is InChI=1S/C14H10N4OS/c1-9-8-20-14-17-12(7-18(9)14)13(19)16-11-4-2-3-10(5-11)6-15/h2-5,7-8H,1H3,(H,16,19). The van der Waals surface area contributed by atoms with Crippen molar-refractivity contribution in [1.82, 2.24) is 9.38 Å². The van der Waals surface area contributed by atoms with Crippen molar-refractivity contribution in [2.45, 2.75) is 6.92 Å². The molecule has 20 heavy (non-hydrogen) atoms. The van der Waals surface area contributed by atoms with Crippen LogP contribution in [0.2, 0.25) is 0 Å². The van der Waals surface area contributed by atoms with Gasteiger partial charge in [-0.2, -0.15) is 5.26 Å². The van der Waals surface area contributed by atoms with E-state index in [2.05, 4.69) is 10.3 Å². The van der Waals surface area contributed by atoms with E-state index < -0.39 is 0 Å². The molecular formula is C14H10N4OS. The molecular weight excluding hydrogens is 272 g/mol. The van der Waals surface area contributed by atoms with Gasteiger partial charge in [0, 0.05) is 23.0 Å². The van der Waals surface area contributed by atoms with E-state index in [1.54, 1.807) is 30.5 Å². The predicted molar refractivity (Wildman–Crippen MR) is 76.9 cm³/mol. The van der Waals surface area contributed by atoms with Crippen molar-refractivity contribution in [2.24, 2.45) is 0 Å². The number of nitriles is 1. The summed E-state index contributed by atoms with van der Waals surface area (Å²) in [6, 6.07) is 8.81. The van der Waals surface area contributed by atoms with Gasteiger partial charge < -0.3 is 5.32 Å². The fraction of sp³-hybridized carbons (Fsp3) is 0.0714. The number of imidazole rings is 1. The molecule has 0 saturated heterocycles. The number of nitrogens with one attached hydrogen (secondary N) is 1. The number of aryl methyl sites for hydroxylation is 1. The first-order chi connectivity index (χ1) is 9.67. The SMILES string of the molecule is Cc1csc2nc(C(=O)Nc3cccc(C#N)c3)cn12. The lowest BCUT2D eigenvalue weighted by atomic mass is 10.2. The van der Waals surface area contributed by atoms with Crippen LogP contribution in [-0.4, -0.2) is 15.3 Å². The van der Waals surface area contributed by atoms with E-state index >= 15 is 0 Å². The highest BCUT2D eigenvalue weighted by Gasteiger charge is 2.13. The van der Waals surface area contributed by atoms with Crippen LogP contribution in [0, 0.1) is 18.3 Å². The summed E-state index contributed by atoms with van der Waals surface area (Å²) in [5.41, 5.74) is 2.50. The topological polar surface area (TPSA) is 70.2 Å². The Bertz CT molecular complexity index is 840. The molecule has 3 aromatic rings. The normalized spacial score (nSPS) is 10.4. The lowest BCUT2D eigenvalue weighted by Crippen LogP contribution is -2.12. The molecule has 0 aliphatic heterocycles. The molecule has 2 heterocycles. The van der Waals surface area contributed by atoms with Gasteiger partial charge in [-0.15, -0.1) is 11.3 Å². The van der Waals surface area contributed by atoms with E-state index in [9.17, 15) is 4.79 Å². The third-order valence-electron chi connectivity index (χ3n) is 2.87. The number of nitrogens with zero attached hydrogens (tertiary/aromatic N) is 3. The summed E-state index contributed by atoms with van der Waals surface area (Å²) >= 11 is 1.49. The van der Waals surface area contributed by atoms with Crippen molar-refractivity contribution in [3.8, 4) is 6.07 Å². The summed E-state index contributed by atoms with van der Waals surface area (Å²) in [5, 5.41) is 13.6. The molecule has 0 atom stereocenters. The molecule has 0 bridgehead atoms. The quantitative estimate of drug-likeness (QED) is 0.785. The Morgan fingerprint density at radius 2 is 2.35 bits per heavy atom. The molecule has 1 amide bonds. The monoisotopic (exact) mass is 282 g/mol. The number of hydrogen-bond donors (Lipinski definition) is 1. The van der Waals surface area contributed by atoms with E-state index in [-0.39, 0.29) is 5.91 Å². The summed E-state index contributed by atoms with van der Waals surface area (Å²) in [5.74, 6) is -0.282. The summed E-state index contributed by atoms with van der Waals surface area (Å²) in [6.07, 6.45) is 1.71. The fourth-order valence-corrected chi connectivity index (χ4v) is 2.72. The highest BCUT2D eigenvalue weighted by molar-refractivity contribution is 7.15. The molecule has 6 heteroatoms. The van der Waals surface area contributed by atoms with Crippen molar-refractivity contribution in [3.05, 3.63) is 52.8 Å². The second-order valence-electron chi connectivity index (χ2n) is 4.30. The highest BCUT2D eigenvalue weighted by atomic mass is 32.1. The third kappa shape index (κ3) is 2.15. The van der Waals surface area contributed by atoms with Crippen LogP contribution in [0.25, 0.3) is 4.96 Å². The number of thiazole rings is 1. The highest BCUT2D eigenvalue weighted by Crippen LogP contribution is 2.17. The number of rotatable bonds is 2. The van der Waals surface area contributed by atoms with Crippen LogP contribution < -0.4 is 5.32 Å². The maximum absolute atomic E-state index is 12.1. The van der Waals surface area contributed by atoms with E-state index in [0.29, 0.717) is 16.9 Å². The number of fused-ring (bicyclic) bond motifs is 1. The molecule has 2 aromatic heterocycles. The lowest BCUT2D eigenvalue weighted by Gasteiger charge is -2.02. The molecule has 0 fully saturated rings. The first kappa shape index (κ1) is 12.4. The molecule has 1 aromatic carbocycles. The smallest absolute Gasteiger partial charge is 0.275 e. The second-order valence-corrected chi connectivity index (χ2v) is 5.14. The van der Waals surface area contributed by atoms with Gasteiger partial charge in [0.15, 0.2) is 4.96 Å². The van der Waals surface area contributed by atoms with Crippen molar-refractivity contribution >= 4 is 27.9 Å². The zero-order chi connectivity index (χ0) is 14.1. The van der Waals surface area contributed by atoms with Crippen LogP contribution in [0.4, 0.5) is 5.69 Å². The maximum Gasteiger partial charge on any atom is 0.275 e. The zero-order valence-corrected chi connectivity index (χ0v) is 11.4. The molecule has 1 N–H and O–H groups in total. The molecule has 0 unspecified atom stereocenters. The van der Waals surface area contributed by atoms with Crippen LogP contribution in [0.1, 0.15) is 21.7 Å². The van der Waals surface area contributed by atoms with Crippen LogP contribution in [0.15, 0.2) is 35.8 Å². The molecule has 0 aliphatic rings. The number of anilines is 1. The van der Waals surface area contributed by atoms with Gasteiger partial charge in [0.05, 0.1) is 11.6 Å². The Morgan fingerprint density at radius 3 is 3.10 bits per heavy atom. The second kappa shape index (κ2) is 4.79. The Labute approximate surface area is 119 Å². The molecule has 0 radical (unpaired) electrons. The minimum absolute atomic E-state index is 0.282. The Kier molecular flexibility index (Phi) is 2.97. The Hall–Kier alpha value is -2.65. The third-order valence-corrected chi connectivity index (χ3v) is 3.83. The van der Waals surface area contributed by atoms with E-state index in [1.807, 2.05) is 22.8 Å². The first-order valence-corrected chi connectivity index (χ1v) is 6.80. The van der Waals surface area contributed by atoms with Crippen molar-refractivity contribution in [3.63, 3.8) is 0 Å². The predicted octanol–water partition coefficient (Wildman–Crippen LogP) is 2.83. The van der Waals surface area contributed by atoms with E-state index in [1.165, 1.54) is 11.3 Å². The van der Waals surface area contributed by atoms with Gasteiger partial charge in [0.25, 0.3) is 5.91 Å². The first-order valence-electron chi connectivity index (χ1n) is 5.92. The summed E-state index contributed by atoms with van der Waals surface area (Å²) in [4.78, 5) is 17.2. The lowest BCUT2D eigenvalue weighted by molar-refractivity contribution is 0.102. The van der Waals surface area contributed by atoms with Crippen LogP contribution in [0.3, 0.4) is 0 Å². The van der Waals surface area contributed by atoms with Gasteiger partial charge in [-0.05, 0) is 25.1 Å². The summed E-state index contributed by atoms with van der Waals surface area (Å²) < 4.78 is 1.88. The summed E-state index contributed by atoms with van der Waals surface area (Å²) in [7, 11) is 0. The number of carbonyl (C=O) groups is 1. The van der Waals surface area contributed by atoms with Crippen LogP contribution in [0.5, 0.6) is 0 Å². The fourth-order valence-electron chi connectivity index (χ4n) is 1.86. The van der Waals surface area contributed by atoms with Crippen LogP contribution >= 0.6 is 11.3 Å². The number of hydrogen-bond acceptors (Lipinski definition) is 4. The van der Waals surface area contributed by atoms with Crippen molar-refractivity contribution < 1.29 is 4.79 Å². The van der Waals surface area contributed by atoms with E-state index in [0.717, 1.165) is 10.7 Å². The number of carbonyl (C=O) groups excluding carboxylic acids is 1. The van der Waals surface area contributed by atoms with Crippen molar-refractivity contribution in [1.29, 1.82) is 5.26 Å². The van der Waals surface area contributed by atoms with Gasteiger partial charge in [-0.1, -0.05) is 6.07 Å². The average molecular weight is 282 g/mol. The molecule has 98 valence electrons. The Balaban J connectivity index is 1.87. The maximum atomic E-state index is 12.1. The molecule has 0 aliphatic carbocycles. The average Bonchev–Trinajstić information content (AvgIpc) is 3.02. The number of amides is 1. The summed E-state index contributed by atoms with van der Waals surface area (Å²) in [6.45, 7) is 1.96. The molecule has 0 spiro atoms. The minimum atomic E-state index is -0.282. The largest absolute Gasteiger partial charge is 0.321 e. The molecule has 0 saturated carbocycles. The Morgan fingerprint density at radius 1 is 1.50 bits per heavy atom. The molecule has 5 nitrogen and oxygen atoms in total. The van der Waals surface area contributed by atoms with E-state index in [4.69, 9.17) is 5.26 Å². The van der Waals surface area contributed by atoms with Gasteiger partial charge >= 0.3 is 0 Å². The number of benzene rings is 1. The number of aromatic nitrogens is 2. The van der Waals surface area contributed by atoms with Crippen LogP contribution in [-0.2, 0) is 0 Å². The minimum Gasteiger partial charge on any atom is -0.321 e. The molecule has 3 rings (SSSR count). The van der Waals surface area contributed by atoms with Gasteiger partial charge in [-0.25, -0.2) is 4.98 Å². The van der Waals surface area contributed by atoms with Gasteiger partial charge in [0.2, 0.25) is 0 Å². The van der Waals surface area contributed by atoms with Gasteiger partial charge in [-0.3, -0.25) is 9.20 Å².